The summed E-state index contributed by atoms with van der Waals surface area (Å²) in [5.74, 6) is 0. The fourth-order valence-electron chi connectivity index (χ4n) is 1.39. The van der Waals surface area contributed by atoms with Crippen LogP contribution in [0.5, 0.6) is 0 Å². The molecule has 3 heteroatoms. The van der Waals surface area contributed by atoms with Crippen LogP contribution in [0.3, 0.4) is 0 Å². The van der Waals surface area contributed by atoms with Gasteiger partial charge >= 0.3 is 0 Å². The highest BCUT2D eigenvalue weighted by Gasteiger charge is 2.07. The van der Waals surface area contributed by atoms with E-state index in [2.05, 4.69) is 17.2 Å². The molecule has 13 heavy (non-hydrogen) atoms. The van der Waals surface area contributed by atoms with Gasteiger partial charge in [0.05, 0.1) is 5.69 Å². The van der Waals surface area contributed by atoms with Gasteiger partial charge in [-0.25, -0.2) is 0 Å². The van der Waals surface area contributed by atoms with E-state index in [1.165, 1.54) is 0 Å². The topological polar surface area (TPSA) is 41.6 Å². The number of hydrogen-bond donors (Lipinski definition) is 1. The Labute approximate surface area is 77.9 Å². The average molecular weight is 175 g/mol. The van der Waals surface area contributed by atoms with Gasteiger partial charge in [-0.05, 0) is 17.7 Å². The fraction of sp³-hybridized carbons (Fsp3) is 0.300. The molecule has 68 valence electrons. The molecule has 0 aliphatic carbocycles. The minimum absolute atomic E-state index is 0.601. The van der Waals surface area contributed by atoms with Crippen LogP contribution in [0.2, 0.25) is 0 Å². The summed E-state index contributed by atoms with van der Waals surface area (Å²) in [4.78, 5) is 0. The first-order valence-electron chi connectivity index (χ1n) is 4.49. The van der Waals surface area contributed by atoms with E-state index in [0.717, 1.165) is 24.2 Å². The third kappa shape index (κ3) is 1.70. The largest absolute Gasteiger partial charge is 0.326 e. The van der Waals surface area contributed by atoms with Crippen molar-refractivity contribution in [1.82, 2.24) is 0 Å². The van der Waals surface area contributed by atoms with Gasteiger partial charge < -0.3 is 5.73 Å². The van der Waals surface area contributed by atoms with Crippen molar-refractivity contribution in [2.24, 2.45) is 10.8 Å². The van der Waals surface area contributed by atoms with Gasteiger partial charge in [-0.15, -0.1) is 0 Å². The van der Waals surface area contributed by atoms with Crippen molar-refractivity contribution in [3.8, 4) is 0 Å². The van der Waals surface area contributed by atoms with Crippen molar-refractivity contribution in [2.75, 3.05) is 11.6 Å². The molecule has 0 fully saturated rings. The molecule has 1 aliphatic rings. The molecule has 0 radical (unpaired) electrons. The number of benzene rings is 1. The van der Waals surface area contributed by atoms with Crippen LogP contribution in [0.25, 0.3) is 0 Å². The Kier molecular flexibility index (Phi) is 2.27. The standard InChI is InChI=1S/C10H13N3/c11-8-9-2-4-10(5-3-9)13-7-1-6-12-13/h2-6H,1,7-8,11H2. The van der Waals surface area contributed by atoms with Gasteiger partial charge in [0.15, 0.2) is 0 Å². The smallest absolute Gasteiger partial charge is 0.0594 e. The predicted molar refractivity (Wildman–Crippen MR) is 54.8 cm³/mol. The molecule has 0 amide bonds. The zero-order chi connectivity index (χ0) is 9.10. The van der Waals surface area contributed by atoms with Crippen LogP contribution in [-0.2, 0) is 6.54 Å². The summed E-state index contributed by atoms with van der Waals surface area (Å²) in [6, 6.07) is 8.21. The molecular weight excluding hydrogens is 162 g/mol. The Morgan fingerprint density at radius 2 is 2.08 bits per heavy atom. The van der Waals surface area contributed by atoms with E-state index in [9.17, 15) is 0 Å². The fourth-order valence-corrected chi connectivity index (χ4v) is 1.39. The highest BCUT2D eigenvalue weighted by molar-refractivity contribution is 5.65. The van der Waals surface area contributed by atoms with Crippen LogP contribution in [0, 0.1) is 0 Å². The van der Waals surface area contributed by atoms with Crippen LogP contribution in [0.1, 0.15) is 12.0 Å². The van der Waals surface area contributed by atoms with Crippen LogP contribution >= 0.6 is 0 Å². The Morgan fingerprint density at radius 1 is 1.31 bits per heavy atom. The molecule has 0 saturated carbocycles. The van der Waals surface area contributed by atoms with E-state index in [-0.39, 0.29) is 0 Å². The number of nitrogens with two attached hydrogens (primary N) is 1. The van der Waals surface area contributed by atoms with Crippen molar-refractivity contribution in [1.29, 1.82) is 0 Å². The molecule has 0 saturated heterocycles. The second-order valence-electron chi connectivity index (χ2n) is 3.08. The molecule has 0 aromatic heterocycles. The SMILES string of the molecule is NCc1ccc(N2CCC=N2)cc1. The maximum Gasteiger partial charge on any atom is 0.0594 e. The summed E-state index contributed by atoms with van der Waals surface area (Å²) in [6.45, 7) is 1.59. The van der Waals surface area contributed by atoms with Gasteiger partial charge in [-0.3, -0.25) is 5.01 Å². The quantitative estimate of drug-likeness (QED) is 0.737. The van der Waals surface area contributed by atoms with Crippen molar-refractivity contribution in [3.05, 3.63) is 29.8 Å². The number of nitrogens with zero attached hydrogens (tertiary/aromatic N) is 2. The molecule has 1 heterocycles. The van der Waals surface area contributed by atoms with E-state index in [4.69, 9.17) is 5.73 Å². The molecule has 2 rings (SSSR count). The molecule has 1 aliphatic heterocycles. The number of hydrogen-bond acceptors (Lipinski definition) is 3. The lowest BCUT2D eigenvalue weighted by Crippen LogP contribution is -2.11. The summed E-state index contributed by atoms with van der Waals surface area (Å²) >= 11 is 0. The molecule has 1 aromatic carbocycles. The van der Waals surface area contributed by atoms with Crippen molar-refractivity contribution < 1.29 is 0 Å². The van der Waals surface area contributed by atoms with Crippen LogP contribution in [-0.4, -0.2) is 12.8 Å². The molecule has 3 nitrogen and oxygen atoms in total. The first kappa shape index (κ1) is 8.26. The molecule has 0 bridgehead atoms. The molecular formula is C10H13N3. The monoisotopic (exact) mass is 175 g/mol. The van der Waals surface area contributed by atoms with Crippen molar-refractivity contribution in [3.63, 3.8) is 0 Å². The molecule has 0 atom stereocenters. The van der Waals surface area contributed by atoms with Crippen LogP contribution in [0.4, 0.5) is 5.69 Å². The second kappa shape index (κ2) is 3.58. The van der Waals surface area contributed by atoms with E-state index in [1.807, 2.05) is 23.4 Å². The predicted octanol–water partition coefficient (Wildman–Crippen LogP) is 1.34. The third-order valence-electron chi connectivity index (χ3n) is 2.16. The maximum atomic E-state index is 5.51. The Balaban J connectivity index is 2.17. The van der Waals surface area contributed by atoms with Crippen LogP contribution < -0.4 is 10.7 Å². The molecule has 2 N–H and O–H groups in total. The average Bonchev–Trinajstić information content (AvgIpc) is 2.71. The Morgan fingerprint density at radius 3 is 2.62 bits per heavy atom. The molecule has 0 spiro atoms. The highest BCUT2D eigenvalue weighted by Crippen LogP contribution is 2.17. The maximum absolute atomic E-state index is 5.51. The van der Waals surface area contributed by atoms with Gasteiger partial charge in [-0.1, -0.05) is 12.1 Å². The number of rotatable bonds is 2. The summed E-state index contributed by atoms with van der Waals surface area (Å²) in [5, 5.41) is 6.24. The number of anilines is 1. The second-order valence-corrected chi connectivity index (χ2v) is 3.08. The Hall–Kier alpha value is -1.35. The lowest BCUT2D eigenvalue weighted by Gasteiger charge is -2.13. The summed E-state index contributed by atoms with van der Waals surface area (Å²) in [5.41, 5.74) is 7.81. The Bertz CT molecular complexity index is 302. The third-order valence-corrected chi connectivity index (χ3v) is 2.16. The zero-order valence-electron chi connectivity index (χ0n) is 7.48. The molecule has 0 unspecified atom stereocenters. The van der Waals surface area contributed by atoms with E-state index in [0.29, 0.717) is 6.54 Å². The van der Waals surface area contributed by atoms with Gasteiger partial charge in [0.2, 0.25) is 0 Å². The van der Waals surface area contributed by atoms with E-state index >= 15 is 0 Å². The summed E-state index contributed by atoms with van der Waals surface area (Å²) < 4.78 is 0. The minimum atomic E-state index is 0.601. The van der Waals surface area contributed by atoms with Gasteiger partial charge in [-0.2, -0.15) is 5.10 Å². The van der Waals surface area contributed by atoms with Crippen molar-refractivity contribution in [2.45, 2.75) is 13.0 Å². The lowest BCUT2D eigenvalue weighted by atomic mass is 10.2. The number of hydrazone groups is 1. The lowest BCUT2D eigenvalue weighted by molar-refractivity contribution is 0.920. The first-order chi connectivity index (χ1) is 6.40. The zero-order valence-corrected chi connectivity index (χ0v) is 7.48. The van der Waals surface area contributed by atoms with Gasteiger partial charge in [0.25, 0.3) is 0 Å². The van der Waals surface area contributed by atoms with Crippen LogP contribution in [0.15, 0.2) is 29.4 Å². The van der Waals surface area contributed by atoms with E-state index < -0.39 is 0 Å². The highest BCUT2D eigenvalue weighted by atomic mass is 15.5. The summed E-state index contributed by atoms with van der Waals surface area (Å²) in [6.07, 6.45) is 2.98. The van der Waals surface area contributed by atoms with Gasteiger partial charge in [0, 0.05) is 25.7 Å². The normalized spacial score (nSPS) is 15.3. The summed E-state index contributed by atoms with van der Waals surface area (Å²) in [7, 11) is 0. The van der Waals surface area contributed by atoms with Crippen molar-refractivity contribution >= 4 is 11.9 Å². The van der Waals surface area contributed by atoms with E-state index in [1.54, 1.807) is 0 Å². The van der Waals surface area contributed by atoms with Gasteiger partial charge in [0.1, 0.15) is 0 Å². The molecule has 1 aromatic rings. The first-order valence-corrected chi connectivity index (χ1v) is 4.49. The minimum Gasteiger partial charge on any atom is -0.326 e.